The summed E-state index contributed by atoms with van der Waals surface area (Å²) in [7, 11) is 0. The zero-order chi connectivity index (χ0) is 9.38. The van der Waals surface area contributed by atoms with Crippen LogP contribution >= 0.6 is 11.8 Å². The number of hydrogen-bond acceptors (Lipinski definition) is 2. The van der Waals surface area contributed by atoms with Crippen molar-refractivity contribution < 1.29 is 4.74 Å². The summed E-state index contributed by atoms with van der Waals surface area (Å²) in [6.07, 6.45) is 11.3. The Hall–Kier alpha value is -0.110. The molecule has 0 spiro atoms. The minimum Gasteiger partial charge on any atom is -0.493 e. The largest absolute Gasteiger partial charge is 0.493 e. The molecule has 0 amide bonds. The molecule has 1 nitrogen and oxygen atoms in total. The lowest BCUT2D eigenvalue weighted by atomic mass is 9.96. The minimum atomic E-state index is 0.561. The van der Waals surface area contributed by atoms with Gasteiger partial charge in [-0.1, -0.05) is 6.42 Å². The Morgan fingerprint density at radius 2 is 1.86 bits per heavy atom. The summed E-state index contributed by atoms with van der Waals surface area (Å²) in [5.41, 5.74) is 0. The van der Waals surface area contributed by atoms with Gasteiger partial charge >= 0.3 is 0 Å². The number of allylic oxidation sites excluding steroid dienone is 2. The highest BCUT2D eigenvalue weighted by Crippen LogP contribution is 2.46. The van der Waals surface area contributed by atoms with Gasteiger partial charge < -0.3 is 4.74 Å². The summed E-state index contributed by atoms with van der Waals surface area (Å²) in [5, 5.41) is 0.792. The molecule has 1 fully saturated rings. The van der Waals surface area contributed by atoms with Crippen molar-refractivity contribution in [3.8, 4) is 0 Å². The van der Waals surface area contributed by atoms with Gasteiger partial charge in [-0.2, -0.15) is 0 Å². The lowest BCUT2D eigenvalue weighted by molar-refractivity contribution is 0.0739. The zero-order valence-corrected chi connectivity index (χ0v) is 9.44. The second kappa shape index (κ2) is 3.80. The van der Waals surface area contributed by atoms with Crippen LogP contribution in [0.2, 0.25) is 0 Å². The summed E-state index contributed by atoms with van der Waals surface area (Å²) >= 11 is 2.15. The van der Waals surface area contributed by atoms with Crippen LogP contribution in [0.3, 0.4) is 0 Å². The van der Waals surface area contributed by atoms with E-state index in [0.717, 1.165) is 5.25 Å². The first kappa shape index (κ1) is 9.14. The van der Waals surface area contributed by atoms with Crippen molar-refractivity contribution in [3.63, 3.8) is 0 Å². The highest BCUT2D eigenvalue weighted by atomic mass is 32.2. The predicted octanol–water partition coefficient (Wildman–Crippen LogP) is 3.85. The van der Waals surface area contributed by atoms with Crippen LogP contribution in [0.5, 0.6) is 0 Å². The molecular weight excluding hydrogens is 192 g/mol. The molecule has 0 aromatic rings. The summed E-state index contributed by atoms with van der Waals surface area (Å²) in [4.78, 5) is 1.60. The highest BCUT2D eigenvalue weighted by molar-refractivity contribution is 8.03. The minimum absolute atomic E-state index is 0.561. The average Bonchev–Trinajstić information content (AvgIpc) is 2.26. The molecule has 3 rings (SSSR count). The third-order valence-electron chi connectivity index (χ3n) is 3.60. The first-order valence-electron chi connectivity index (χ1n) is 5.99. The fraction of sp³-hybridized carbons (Fsp3) is 0.833. The molecule has 0 aromatic heterocycles. The molecule has 2 atom stereocenters. The maximum Gasteiger partial charge on any atom is 0.110 e. The lowest BCUT2D eigenvalue weighted by Gasteiger charge is -2.39. The second-order valence-corrected chi connectivity index (χ2v) is 5.98. The Balaban J connectivity index is 1.79. The monoisotopic (exact) mass is 210 g/mol. The lowest BCUT2D eigenvalue weighted by Crippen LogP contribution is -2.33. The van der Waals surface area contributed by atoms with E-state index in [4.69, 9.17) is 4.74 Å². The van der Waals surface area contributed by atoms with Crippen LogP contribution in [0.25, 0.3) is 0 Å². The van der Waals surface area contributed by atoms with E-state index in [1.807, 2.05) is 0 Å². The Kier molecular flexibility index (Phi) is 2.48. The Morgan fingerprint density at radius 3 is 2.86 bits per heavy atom. The van der Waals surface area contributed by atoms with Crippen LogP contribution in [-0.4, -0.2) is 11.4 Å². The van der Waals surface area contributed by atoms with Crippen LogP contribution in [0, 0.1) is 0 Å². The molecule has 0 bridgehead atoms. The fourth-order valence-electron chi connectivity index (χ4n) is 2.80. The van der Waals surface area contributed by atoms with Crippen LogP contribution < -0.4 is 0 Å². The third kappa shape index (κ3) is 1.58. The van der Waals surface area contributed by atoms with Crippen molar-refractivity contribution in [1.82, 2.24) is 0 Å². The molecule has 2 heteroatoms. The summed E-state index contributed by atoms with van der Waals surface area (Å²) < 4.78 is 6.15. The zero-order valence-electron chi connectivity index (χ0n) is 8.63. The van der Waals surface area contributed by atoms with Gasteiger partial charge in [-0.3, -0.25) is 0 Å². The van der Waals surface area contributed by atoms with Crippen molar-refractivity contribution in [2.45, 2.75) is 62.7 Å². The van der Waals surface area contributed by atoms with Gasteiger partial charge in [-0.15, -0.1) is 11.8 Å². The molecule has 1 aliphatic heterocycles. The van der Waals surface area contributed by atoms with E-state index in [9.17, 15) is 0 Å². The van der Waals surface area contributed by atoms with Gasteiger partial charge in [-0.05, 0) is 38.5 Å². The van der Waals surface area contributed by atoms with Gasteiger partial charge in [0.15, 0.2) is 0 Å². The normalized spacial score (nSPS) is 37.1. The van der Waals surface area contributed by atoms with E-state index < -0.39 is 0 Å². The molecule has 1 heterocycles. The van der Waals surface area contributed by atoms with E-state index in [2.05, 4.69) is 11.8 Å². The maximum atomic E-state index is 6.15. The van der Waals surface area contributed by atoms with Gasteiger partial charge in [0.1, 0.15) is 11.9 Å². The molecule has 3 aliphatic rings. The third-order valence-corrected chi connectivity index (χ3v) is 5.16. The standard InChI is InChI=1S/C12H18OS/c1-3-7-11-9(5-1)13-10-6-2-4-8-12(10)14-11/h9,11H,1-8H2. The molecule has 0 N–H and O–H groups in total. The van der Waals surface area contributed by atoms with Crippen molar-refractivity contribution in [1.29, 1.82) is 0 Å². The van der Waals surface area contributed by atoms with Gasteiger partial charge in [0.25, 0.3) is 0 Å². The smallest absolute Gasteiger partial charge is 0.110 e. The molecular formula is C12H18OS. The van der Waals surface area contributed by atoms with E-state index in [-0.39, 0.29) is 0 Å². The van der Waals surface area contributed by atoms with E-state index in [1.165, 1.54) is 57.1 Å². The summed E-state index contributed by atoms with van der Waals surface area (Å²) in [6, 6.07) is 0. The fourth-order valence-corrected chi connectivity index (χ4v) is 4.33. The Morgan fingerprint density at radius 1 is 1.00 bits per heavy atom. The number of hydrogen-bond donors (Lipinski definition) is 0. The molecule has 1 saturated carbocycles. The summed E-state index contributed by atoms with van der Waals surface area (Å²) in [6.45, 7) is 0. The Labute approximate surface area is 90.3 Å². The topological polar surface area (TPSA) is 9.23 Å². The number of ether oxygens (including phenoxy) is 1. The number of fused-ring (bicyclic) bond motifs is 1. The van der Waals surface area contributed by atoms with Crippen molar-refractivity contribution in [3.05, 3.63) is 10.7 Å². The quantitative estimate of drug-likeness (QED) is 0.600. The van der Waals surface area contributed by atoms with E-state index in [0.29, 0.717) is 6.10 Å². The van der Waals surface area contributed by atoms with Gasteiger partial charge in [-0.25, -0.2) is 0 Å². The van der Waals surface area contributed by atoms with E-state index >= 15 is 0 Å². The van der Waals surface area contributed by atoms with Crippen molar-refractivity contribution in [2.75, 3.05) is 0 Å². The molecule has 0 radical (unpaired) electrons. The molecule has 2 aliphatic carbocycles. The van der Waals surface area contributed by atoms with Crippen molar-refractivity contribution in [2.24, 2.45) is 0 Å². The predicted molar refractivity (Wildman–Crippen MR) is 60.2 cm³/mol. The molecule has 14 heavy (non-hydrogen) atoms. The first-order chi connectivity index (χ1) is 6.93. The van der Waals surface area contributed by atoms with Crippen LogP contribution in [0.15, 0.2) is 10.7 Å². The van der Waals surface area contributed by atoms with Gasteiger partial charge in [0.05, 0.1) is 0 Å². The number of thioether (sulfide) groups is 1. The Bertz CT molecular complexity index is 233. The summed E-state index contributed by atoms with van der Waals surface area (Å²) in [5.74, 6) is 1.37. The number of rotatable bonds is 0. The molecule has 0 aromatic carbocycles. The first-order valence-corrected chi connectivity index (χ1v) is 6.87. The average molecular weight is 210 g/mol. The van der Waals surface area contributed by atoms with Crippen molar-refractivity contribution >= 4 is 11.8 Å². The molecule has 78 valence electrons. The van der Waals surface area contributed by atoms with Gasteiger partial charge in [0.2, 0.25) is 0 Å². The van der Waals surface area contributed by atoms with Crippen LogP contribution in [-0.2, 0) is 4.74 Å². The second-order valence-electron chi connectivity index (χ2n) is 4.65. The SMILES string of the molecule is C1CCC2=C(C1)OC1CCCCC1S2. The van der Waals surface area contributed by atoms with Crippen LogP contribution in [0.4, 0.5) is 0 Å². The van der Waals surface area contributed by atoms with Crippen LogP contribution in [0.1, 0.15) is 51.4 Å². The van der Waals surface area contributed by atoms with Gasteiger partial charge in [0, 0.05) is 16.6 Å². The maximum absolute atomic E-state index is 6.15. The van der Waals surface area contributed by atoms with E-state index in [1.54, 1.807) is 4.91 Å². The molecule has 2 unspecified atom stereocenters. The highest BCUT2D eigenvalue weighted by Gasteiger charge is 2.34. The molecule has 0 saturated heterocycles.